The Morgan fingerprint density at radius 1 is 0.829 bits per heavy atom. The van der Waals surface area contributed by atoms with E-state index in [1.165, 1.54) is 61.0 Å². The molecule has 0 bridgehead atoms. The number of nitrogens with one attached hydrogen (secondary N) is 2. The van der Waals surface area contributed by atoms with Crippen LogP contribution in [-0.4, -0.2) is 85.4 Å². The number of likely N-dealkylation sites (N-methyl/N-ethyl adjacent to an activating group) is 1. The van der Waals surface area contributed by atoms with Gasteiger partial charge in [0.2, 0.25) is 26.0 Å². The number of carbonyl (C=O) groups is 1. The third-order valence-corrected chi connectivity index (χ3v) is 10.2. The summed E-state index contributed by atoms with van der Waals surface area (Å²) >= 11 is 0. The number of benzene rings is 3. The van der Waals surface area contributed by atoms with Crippen LogP contribution in [-0.2, 0) is 31.3 Å². The lowest BCUT2D eigenvalue weighted by molar-refractivity contribution is -0.117. The quantitative estimate of drug-likeness (QED) is 0.341. The average molecular weight is 603 g/mol. The molecule has 220 valence electrons. The molecule has 3 aromatic carbocycles. The zero-order valence-corrected chi connectivity index (χ0v) is 24.7. The highest BCUT2D eigenvalue weighted by Gasteiger charge is 2.29. The van der Waals surface area contributed by atoms with E-state index in [4.69, 9.17) is 9.47 Å². The summed E-state index contributed by atoms with van der Waals surface area (Å²) in [5, 5.41) is 2.72. The molecular weight excluding hydrogens is 568 g/mol. The van der Waals surface area contributed by atoms with Crippen LogP contribution in [0.15, 0.2) is 82.6 Å². The number of methoxy groups -OCH3 is 2. The van der Waals surface area contributed by atoms with Crippen molar-refractivity contribution in [1.82, 2.24) is 13.9 Å². The minimum Gasteiger partial charge on any atom is -0.493 e. The summed E-state index contributed by atoms with van der Waals surface area (Å²) in [5.41, 5.74) is 1.08. The van der Waals surface area contributed by atoms with Gasteiger partial charge >= 0.3 is 0 Å². The first-order chi connectivity index (χ1) is 19.5. The van der Waals surface area contributed by atoms with Gasteiger partial charge in [-0.15, -0.1) is 0 Å². The first-order valence-corrected chi connectivity index (χ1v) is 15.8. The monoisotopic (exact) mass is 602 g/mol. The molecule has 41 heavy (non-hydrogen) atoms. The molecule has 1 amide bonds. The predicted molar refractivity (Wildman–Crippen MR) is 155 cm³/mol. The van der Waals surface area contributed by atoms with Crippen molar-refractivity contribution >= 4 is 31.6 Å². The molecule has 1 atom stereocenters. The summed E-state index contributed by atoms with van der Waals surface area (Å²) in [4.78, 5) is 15.5. The fourth-order valence-electron chi connectivity index (χ4n) is 4.39. The molecule has 4 rings (SSSR count). The Balaban J connectivity index is 1.54. The first kappa shape index (κ1) is 30.5. The van der Waals surface area contributed by atoms with Crippen molar-refractivity contribution in [3.63, 3.8) is 0 Å². The van der Waals surface area contributed by atoms with E-state index in [9.17, 15) is 21.6 Å². The van der Waals surface area contributed by atoms with Gasteiger partial charge in [-0.3, -0.25) is 4.79 Å². The Hall–Kier alpha value is -3.49. The van der Waals surface area contributed by atoms with E-state index in [1.54, 1.807) is 24.3 Å². The fourth-order valence-corrected chi connectivity index (χ4v) is 7.03. The second-order valence-corrected chi connectivity index (χ2v) is 13.3. The van der Waals surface area contributed by atoms with Crippen LogP contribution < -0.4 is 19.5 Å². The van der Waals surface area contributed by atoms with Crippen molar-refractivity contribution in [2.24, 2.45) is 0 Å². The molecule has 1 unspecified atom stereocenters. The minimum absolute atomic E-state index is 0.0784. The van der Waals surface area contributed by atoms with Gasteiger partial charge in [0.15, 0.2) is 11.5 Å². The summed E-state index contributed by atoms with van der Waals surface area (Å²) in [6.45, 7) is 2.10. The normalized spacial score (nSPS) is 15.7. The number of carbonyl (C=O) groups excluding carboxylic acids is 1. The van der Waals surface area contributed by atoms with Gasteiger partial charge in [0.1, 0.15) is 6.04 Å². The van der Waals surface area contributed by atoms with E-state index in [-0.39, 0.29) is 22.0 Å². The number of hydrogen-bond acceptors (Lipinski definition) is 8. The molecule has 0 radical (unpaired) electrons. The molecule has 1 aliphatic rings. The summed E-state index contributed by atoms with van der Waals surface area (Å²) < 4.78 is 67.1. The van der Waals surface area contributed by atoms with Gasteiger partial charge in [-0.05, 0) is 55.4 Å². The van der Waals surface area contributed by atoms with E-state index in [0.717, 1.165) is 5.56 Å². The Bertz CT molecular complexity index is 1560. The van der Waals surface area contributed by atoms with E-state index >= 15 is 0 Å². The van der Waals surface area contributed by atoms with Crippen molar-refractivity contribution in [3.05, 3.63) is 78.4 Å². The Labute approximate surface area is 241 Å². The lowest BCUT2D eigenvalue weighted by Gasteiger charge is -2.31. The SMILES string of the molecule is COc1ccc(S(=O)(=O)NC(Cc2ccccc2)C(=O)Nc2ccc(S(=O)(=O)N3CCN(C)CC3)cc2)cc1OC. The Morgan fingerprint density at radius 3 is 2.05 bits per heavy atom. The highest BCUT2D eigenvalue weighted by molar-refractivity contribution is 7.89. The van der Waals surface area contributed by atoms with E-state index in [0.29, 0.717) is 37.6 Å². The number of anilines is 1. The molecule has 0 saturated carbocycles. The van der Waals surface area contributed by atoms with Gasteiger partial charge in [0, 0.05) is 37.9 Å². The molecule has 2 N–H and O–H groups in total. The molecule has 13 heteroatoms. The number of rotatable bonds is 11. The zero-order chi connectivity index (χ0) is 29.6. The highest BCUT2D eigenvalue weighted by Crippen LogP contribution is 2.29. The second-order valence-electron chi connectivity index (χ2n) is 9.60. The number of sulfonamides is 2. The van der Waals surface area contributed by atoms with E-state index in [1.807, 2.05) is 13.1 Å². The van der Waals surface area contributed by atoms with Crippen LogP contribution in [0.3, 0.4) is 0 Å². The maximum atomic E-state index is 13.4. The lowest BCUT2D eigenvalue weighted by Crippen LogP contribution is -2.47. The number of amides is 1. The molecule has 1 saturated heterocycles. The summed E-state index contributed by atoms with van der Waals surface area (Å²) in [7, 11) is -3.04. The predicted octanol–water partition coefficient (Wildman–Crippen LogP) is 2.17. The van der Waals surface area contributed by atoms with Crippen LogP contribution >= 0.6 is 0 Å². The molecule has 1 fully saturated rings. The van der Waals surface area contributed by atoms with Gasteiger partial charge in [-0.2, -0.15) is 9.03 Å². The second kappa shape index (κ2) is 13.0. The molecule has 1 aliphatic heterocycles. The van der Waals surface area contributed by atoms with Gasteiger partial charge in [-0.1, -0.05) is 30.3 Å². The van der Waals surface area contributed by atoms with Crippen LogP contribution in [0.5, 0.6) is 11.5 Å². The van der Waals surface area contributed by atoms with Gasteiger partial charge in [0.25, 0.3) is 0 Å². The molecule has 0 aliphatic carbocycles. The van der Waals surface area contributed by atoms with Crippen LogP contribution in [0.25, 0.3) is 0 Å². The van der Waals surface area contributed by atoms with Crippen molar-refractivity contribution in [2.75, 3.05) is 52.8 Å². The van der Waals surface area contributed by atoms with E-state index in [2.05, 4.69) is 14.9 Å². The van der Waals surface area contributed by atoms with Crippen molar-refractivity contribution < 1.29 is 31.1 Å². The van der Waals surface area contributed by atoms with Gasteiger partial charge in [0.05, 0.1) is 24.0 Å². The average Bonchev–Trinajstić information content (AvgIpc) is 2.97. The highest BCUT2D eigenvalue weighted by atomic mass is 32.2. The largest absolute Gasteiger partial charge is 0.493 e. The van der Waals surface area contributed by atoms with Crippen LogP contribution in [0, 0.1) is 0 Å². The summed E-state index contributed by atoms with van der Waals surface area (Å²) in [6, 6.07) is 17.8. The smallest absolute Gasteiger partial charge is 0.243 e. The summed E-state index contributed by atoms with van der Waals surface area (Å²) in [5.74, 6) is -0.0123. The van der Waals surface area contributed by atoms with Gasteiger partial charge < -0.3 is 19.7 Å². The number of ether oxygens (including phenoxy) is 2. The van der Waals surface area contributed by atoms with Crippen LogP contribution in [0.2, 0.25) is 0 Å². The molecule has 3 aromatic rings. The molecule has 1 heterocycles. The maximum absolute atomic E-state index is 13.4. The zero-order valence-electron chi connectivity index (χ0n) is 23.1. The first-order valence-electron chi connectivity index (χ1n) is 12.9. The van der Waals surface area contributed by atoms with E-state index < -0.39 is 32.0 Å². The van der Waals surface area contributed by atoms with Crippen molar-refractivity contribution in [3.8, 4) is 11.5 Å². The van der Waals surface area contributed by atoms with Crippen LogP contribution in [0.4, 0.5) is 5.69 Å². The minimum atomic E-state index is -4.15. The Morgan fingerprint density at radius 2 is 1.44 bits per heavy atom. The molecule has 0 aromatic heterocycles. The van der Waals surface area contributed by atoms with Crippen molar-refractivity contribution in [1.29, 1.82) is 0 Å². The number of hydrogen-bond donors (Lipinski definition) is 2. The third-order valence-electron chi connectivity index (χ3n) is 6.78. The molecule has 11 nitrogen and oxygen atoms in total. The fraction of sp³-hybridized carbons (Fsp3) is 0.321. The number of nitrogens with zero attached hydrogens (tertiary/aromatic N) is 2. The molecule has 0 spiro atoms. The molecular formula is C28H34N4O7S2. The maximum Gasteiger partial charge on any atom is 0.243 e. The standard InChI is InChI=1S/C28H34N4O7S2/c1-31-15-17-32(18-16-31)41(36,37)23-11-9-22(10-12-23)29-28(33)25(19-21-7-5-4-6-8-21)30-40(34,35)24-13-14-26(38-2)27(20-24)39-3/h4-14,20,25,30H,15-19H2,1-3H3,(H,29,33). The third kappa shape index (κ3) is 7.43. The topological polar surface area (TPSA) is 134 Å². The van der Waals surface area contributed by atoms with Crippen molar-refractivity contribution in [2.45, 2.75) is 22.3 Å². The Kier molecular flexibility index (Phi) is 9.66. The summed E-state index contributed by atoms with van der Waals surface area (Å²) in [6.07, 6.45) is 0.0784. The van der Waals surface area contributed by atoms with Gasteiger partial charge in [-0.25, -0.2) is 16.8 Å². The lowest BCUT2D eigenvalue weighted by atomic mass is 10.1. The van der Waals surface area contributed by atoms with Crippen LogP contribution in [0.1, 0.15) is 5.56 Å². The number of piperazine rings is 1.